The second-order valence-electron chi connectivity index (χ2n) is 4.63. The predicted molar refractivity (Wildman–Crippen MR) is 66.5 cm³/mol. The zero-order valence-electron chi connectivity index (χ0n) is 9.93. The standard InChI is InChI=1S/C13H19N3O/c14-11-6-2-1-5-10(11)9-16-13(17)12-7-3-4-8-15-12/h3-4,7-8,10-11H,1-2,5-6,9,14H2,(H,16,17). The van der Waals surface area contributed by atoms with Crippen LogP contribution >= 0.6 is 0 Å². The van der Waals surface area contributed by atoms with Crippen molar-refractivity contribution in [2.75, 3.05) is 6.54 Å². The molecule has 0 bridgehead atoms. The molecule has 92 valence electrons. The molecule has 1 aromatic heterocycles. The van der Waals surface area contributed by atoms with E-state index >= 15 is 0 Å². The molecule has 0 spiro atoms. The topological polar surface area (TPSA) is 68.0 Å². The molecular formula is C13H19N3O. The van der Waals surface area contributed by atoms with Crippen LogP contribution in [0.15, 0.2) is 24.4 Å². The summed E-state index contributed by atoms with van der Waals surface area (Å²) in [5.74, 6) is 0.305. The second kappa shape index (κ2) is 5.77. The Kier molecular flexibility index (Phi) is 4.09. The van der Waals surface area contributed by atoms with E-state index < -0.39 is 0 Å². The summed E-state index contributed by atoms with van der Waals surface area (Å²) in [5.41, 5.74) is 6.51. The van der Waals surface area contributed by atoms with Gasteiger partial charge in [0.2, 0.25) is 0 Å². The van der Waals surface area contributed by atoms with Gasteiger partial charge in [-0.25, -0.2) is 0 Å². The minimum Gasteiger partial charge on any atom is -0.350 e. The summed E-state index contributed by atoms with van der Waals surface area (Å²) in [6.07, 6.45) is 6.25. The number of aromatic nitrogens is 1. The van der Waals surface area contributed by atoms with Gasteiger partial charge in [-0.3, -0.25) is 9.78 Å². The predicted octanol–water partition coefficient (Wildman–Crippen LogP) is 1.33. The minimum absolute atomic E-state index is 0.108. The molecule has 4 heteroatoms. The van der Waals surface area contributed by atoms with Gasteiger partial charge < -0.3 is 11.1 Å². The van der Waals surface area contributed by atoms with Gasteiger partial charge in [0.15, 0.2) is 0 Å². The number of nitrogens with two attached hydrogens (primary N) is 1. The lowest BCUT2D eigenvalue weighted by Gasteiger charge is -2.28. The Morgan fingerprint density at radius 2 is 2.24 bits per heavy atom. The highest BCUT2D eigenvalue weighted by molar-refractivity contribution is 5.92. The van der Waals surface area contributed by atoms with Crippen LogP contribution in [0.1, 0.15) is 36.2 Å². The monoisotopic (exact) mass is 233 g/mol. The van der Waals surface area contributed by atoms with Crippen LogP contribution in [0.4, 0.5) is 0 Å². The number of carbonyl (C=O) groups is 1. The van der Waals surface area contributed by atoms with Gasteiger partial charge >= 0.3 is 0 Å². The Hall–Kier alpha value is -1.42. The molecule has 1 aliphatic rings. The maximum Gasteiger partial charge on any atom is 0.269 e. The molecule has 1 saturated carbocycles. The van der Waals surface area contributed by atoms with Crippen LogP contribution in [-0.2, 0) is 0 Å². The molecule has 0 radical (unpaired) electrons. The average molecular weight is 233 g/mol. The van der Waals surface area contributed by atoms with E-state index in [1.165, 1.54) is 12.8 Å². The number of hydrogen-bond donors (Lipinski definition) is 2. The number of pyridine rings is 1. The summed E-state index contributed by atoms with van der Waals surface area (Å²) < 4.78 is 0. The van der Waals surface area contributed by atoms with Crippen molar-refractivity contribution >= 4 is 5.91 Å². The van der Waals surface area contributed by atoms with Crippen LogP contribution in [0, 0.1) is 5.92 Å². The van der Waals surface area contributed by atoms with Crippen molar-refractivity contribution in [1.29, 1.82) is 0 Å². The van der Waals surface area contributed by atoms with Gasteiger partial charge in [-0.05, 0) is 30.9 Å². The van der Waals surface area contributed by atoms with Crippen LogP contribution in [-0.4, -0.2) is 23.5 Å². The minimum atomic E-state index is -0.108. The third-order valence-corrected chi connectivity index (χ3v) is 3.39. The normalized spacial score (nSPS) is 24.3. The summed E-state index contributed by atoms with van der Waals surface area (Å²) in [7, 11) is 0. The van der Waals surface area contributed by atoms with Crippen molar-refractivity contribution in [2.45, 2.75) is 31.7 Å². The molecular weight excluding hydrogens is 214 g/mol. The fourth-order valence-electron chi connectivity index (χ4n) is 2.30. The van der Waals surface area contributed by atoms with Crippen molar-refractivity contribution < 1.29 is 4.79 Å². The molecule has 2 rings (SSSR count). The van der Waals surface area contributed by atoms with Gasteiger partial charge in [0, 0.05) is 18.8 Å². The van der Waals surface area contributed by atoms with Crippen LogP contribution in [0.3, 0.4) is 0 Å². The lowest BCUT2D eigenvalue weighted by Crippen LogP contribution is -2.41. The van der Waals surface area contributed by atoms with E-state index in [9.17, 15) is 4.79 Å². The van der Waals surface area contributed by atoms with Gasteiger partial charge in [-0.15, -0.1) is 0 Å². The number of hydrogen-bond acceptors (Lipinski definition) is 3. The zero-order chi connectivity index (χ0) is 12.1. The summed E-state index contributed by atoms with van der Waals surface area (Å²) >= 11 is 0. The number of nitrogens with zero attached hydrogens (tertiary/aromatic N) is 1. The largest absolute Gasteiger partial charge is 0.350 e. The van der Waals surface area contributed by atoms with Gasteiger partial charge in [0.25, 0.3) is 5.91 Å². The molecule has 1 aromatic rings. The van der Waals surface area contributed by atoms with Crippen molar-refractivity contribution in [1.82, 2.24) is 10.3 Å². The highest BCUT2D eigenvalue weighted by Gasteiger charge is 2.22. The lowest BCUT2D eigenvalue weighted by atomic mass is 9.85. The fraction of sp³-hybridized carbons (Fsp3) is 0.538. The zero-order valence-corrected chi connectivity index (χ0v) is 9.93. The van der Waals surface area contributed by atoms with Crippen molar-refractivity contribution in [3.63, 3.8) is 0 Å². The molecule has 17 heavy (non-hydrogen) atoms. The molecule has 0 saturated heterocycles. The quantitative estimate of drug-likeness (QED) is 0.827. The SMILES string of the molecule is NC1CCCCC1CNC(=O)c1ccccn1. The maximum absolute atomic E-state index is 11.8. The molecule has 1 fully saturated rings. The van der Waals surface area contributed by atoms with Crippen LogP contribution in [0.2, 0.25) is 0 Å². The summed E-state index contributed by atoms with van der Waals surface area (Å²) in [5, 5.41) is 2.92. The van der Waals surface area contributed by atoms with Crippen LogP contribution in [0.5, 0.6) is 0 Å². The Morgan fingerprint density at radius 1 is 1.41 bits per heavy atom. The van der Waals surface area contributed by atoms with Crippen molar-refractivity contribution in [3.8, 4) is 0 Å². The van der Waals surface area contributed by atoms with E-state index in [-0.39, 0.29) is 11.9 Å². The van der Waals surface area contributed by atoms with E-state index in [2.05, 4.69) is 10.3 Å². The highest BCUT2D eigenvalue weighted by Crippen LogP contribution is 2.22. The Balaban J connectivity index is 1.84. The maximum atomic E-state index is 11.8. The molecule has 4 nitrogen and oxygen atoms in total. The first kappa shape index (κ1) is 12.0. The number of nitrogens with one attached hydrogen (secondary N) is 1. The van der Waals surface area contributed by atoms with Crippen molar-refractivity contribution in [3.05, 3.63) is 30.1 Å². The molecule has 2 unspecified atom stereocenters. The summed E-state index contributed by atoms with van der Waals surface area (Å²) in [6, 6.07) is 5.56. The molecule has 0 aromatic carbocycles. The molecule has 3 N–H and O–H groups in total. The smallest absolute Gasteiger partial charge is 0.269 e. The second-order valence-corrected chi connectivity index (χ2v) is 4.63. The average Bonchev–Trinajstić information content (AvgIpc) is 2.38. The highest BCUT2D eigenvalue weighted by atomic mass is 16.1. The third kappa shape index (κ3) is 3.27. The first-order valence-electron chi connectivity index (χ1n) is 6.22. The molecule has 1 aliphatic carbocycles. The van der Waals surface area contributed by atoms with Gasteiger partial charge in [0.05, 0.1) is 0 Å². The summed E-state index contributed by atoms with van der Waals surface area (Å²) in [4.78, 5) is 15.8. The van der Waals surface area contributed by atoms with Crippen LogP contribution in [0.25, 0.3) is 0 Å². The van der Waals surface area contributed by atoms with E-state index in [0.29, 0.717) is 18.2 Å². The number of amides is 1. The van der Waals surface area contributed by atoms with E-state index in [1.54, 1.807) is 18.3 Å². The van der Waals surface area contributed by atoms with Gasteiger partial charge in [-0.2, -0.15) is 0 Å². The first-order chi connectivity index (χ1) is 8.27. The van der Waals surface area contributed by atoms with E-state index in [4.69, 9.17) is 5.73 Å². The Morgan fingerprint density at radius 3 is 2.94 bits per heavy atom. The van der Waals surface area contributed by atoms with Crippen molar-refractivity contribution in [2.24, 2.45) is 11.7 Å². The molecule has 1 heterocycles. The fourth-order valence-corrected chi connectivity index (χ4v) is 2.30. The Labute approximate surface area is 102 Å². The molecule has 0 aliphatic heterocycles. The lowest BCUT2D eigenvalue weighted by molar-refractivity contribution is 0.0936. The number of rotatable bonds is 3. The molecule has 1 amide bonds. The van der Waals surface area contributed by atoms with E-state index in [0.717, 1.165) is 12.8 Å². The summed E-state index contributed by atoms with van der Waals surface area (Å²) in [6.45, 7) is 0.663. The first-order valence-corrected chi connectivity index (χ1v) is 6.22. The van der Waals surface area contributed by atoms with E-state index in [1.807, 2.05) is 6.07 Å². The third-order valence-electron chi connectivity index (χ3n) is 3.39. The molecule has 2 atom stereocenters. The number of carbonyl (C=O) groups excluding carboxylic acids is 1. The van der Waals surface area contributed by atoms with Gasteiger partial charge in [0.1, 0.15) is 5.69 Å². The van der Waals surface area contributed by atoms with Crippen LogP contribution < -0.4 is 11.1 Å². The Bertz CT molecular complexity index is 366. The van der Waals surface area contributed by atoms with Gasteiger partial charge in [-0.1, -0.05) is 18.9 Å².